The van der Waals surface area contributed by atoms with Crippen molar-refractivity contribution in [2.45, 2.75) is 32.6 Å². The molecule has 0 bridgehead atoms. The number of rotatable bonds is 4. The first-order valence-electron chi connectivity index (χ1n) is 5.33. The average molecular weight is 221 g/mol. The first kappa shape index (κ1) is 12.6. The highest BCUT2D eigenvalue weighted by Crippen LogP contribution is 2.24. The third kappa shape index (κ3) is 3.93. The molecule has 0 unspecified atom stereocenters. The van der Waals surface area contributed by atoms with Crippen LogP contribution < -0.4 is 9.84 Å². The Balaban J connectivity index is 2.55. The largest absolute Gasteiger partial charge is 0.550 e. The highest BCUT2D eigenvalue weighted by atomic mass is 16.5. The number of benzene rings is 1. The molecule has 0 radical (unpaired) electrons. The van der Waals surface area contributed by atoms with Gasteiger partial charge in [0.2, 0.25) is 0 Å². The van der Waals surface area contributed by atoms with E-state index in [-0.39, 0.29) is 18.4 Å². The highest BCUT2D eigenvalue weighted by molar-refractivity contribution is 5.64. The van der Waals surface area contributed by atoms with Crippen LogP contribution >= 0.6 is 0 Å². The van der Waals surface area contributed by atoms with Crippen LogP contribution in [-0.4, -0.2) is 12.6 Å². The fraction of sp³-hybridized carbons (Fsp3) is 0.462. The van der Waals surface area contributed by atoms with Crippen molar-refractivity contribution in [3.63, 3.8) is 0 Å². The van der Waals surface area contributed by atoms with Crippen molar-refractivity contribution in [1.82, 2.24) is 0 Å². The van der Waals surface area contributed by atoms with E-state index in [9.17, 15) is 9.90 Å². The van der Waals surface area contributed by atoms with Gasteiger partial charge in [0.15, 0.2) is 0 Å². The summed E-state index contributed by atoms with van der Waals surface area (Å²) in [5.74, 6) is -0.402. The SMILES string of the molecule is CC(C)(C)c1ccc(OCCC(=O)[O-])cc1. The van der Waals surface area contributed by atoms with Gasteiger partial charge < -0.3 is 14.6 Å². The zero-order chi connectivity index (χ0) is 12.2. The van der Waals surface area contributed by atoms with Crippen LogP contribution in [0.15, 0.2) is 24.3 Å². The number of carboxylic acid groups (broad SMARTS) is 1. The average Bonchev–Trinajstić information content (AvgIpc) is 2.16. The molecule has 0 saturated heterocycles. The van der Waals surface area contributed by atoms with E-state index in [1.54, 1.807) is 0 Å². The molecular weight excluding hydrogens is 204 g/mol. The minimum Gasteiger partial charge on any atom is -0.550 e. The summed E-state index contributed by atoms with van der Waals surface area (Å²) in [6.45, 7) is 6.56. The molecule has 0 aliphatic rings. The number of carbonyl (C=O) groups excluding carboxylic acids is 1. The molecule has 3 heteroatoms. The maximum Gasteiger partial charge on any atom is 0.119 e. The standard InChI is InChI=1S/C13H18O3/c1-13(2,3)10-4-6-11(7-5-10)16-9-8-12(14)15/h4-7H,8-9H2,1-3H3,(H,14,15)/p-1. The van der Waals surface area contributed by atoms with Crippen LogP contribution in [0, 0.1) is 0 Å². The van der Waals surface area contributed by atoms with Crippen LogP contribution in [-0.2, 0) is 10.2 Å². The lowest BCUT2D eigenvalue weighted by Crippen LogP contribution is -2.24. The molecule has 0 fully saturated rings. The Hall–Kier alpha value is -1.51. The molecule has 0 aliphatic heterocycles. The Kier molecular flexibility index (Phi) is 3.93. The summed E-state index contributed by atoms with van der Waals surface area (Å²) in [6, 6.07) is 7.70. The summed E-state index contributed by atoms with van der Waals surface area (Å²) in [7, 11) is 0. The van der Waals surface area contributed by atoms with Crippen LogP contribution in [0.3, 0.4) is 0 Å². The summed E-state index contributed by atoms with van der Waals surface area (Å²) in [4.78, 5) is 10.2. The Morgan fingerprint density at radius 2 is 1.81 bits per heavy atom. The van der Waals surface area contributed by atoms with Crippen molar-refractivity contribution in [2.75, 3.05) is 6.61 Å². The number of carboxylic acids is 1. The van der Waals surface area contributed by atoms with Crippen LogP contribution in [0.4, 0.5) is 0 Å². The maximum absolute atomic E-state index is 10.2. The topological polar surface area (TPSA) is 49.4 Å². The second kappa shape index (κ2) is 5.01. The lowest BCUT2D eigenvalue weighted by Gasteiger charge is -2.19. The molecule has 0 aliphatic carbocycles. The van der Waals surface area contributed by atoms with Gasteiger partial charge in [0.25, 0.3) is 0 Å². The number of hydrogen-bond acceptors (Lipinski definition) is 3. The molecule has 0 heterocycles. The van der Waals surface area contributed by atoms with Crippen molar-refractivity contribution in [3.05, 3.63) is 29.8 Å². The lowest BCUT2D eigenvalue weighted by molar-refractivity contribution is -0.306. The van der Waals surface area contributed by atoms with E-state index >= 15 is 0 Å². The molecule has 0 aromatic heterocycles. The second-order valence-electron chi connectivity index (χ2n) is 4.74. The van der Waals surface area contributed by atoms with Gasteiger partial charge in [-0.2, -0.15) is 0 Å². The van der Waals surface area contributed by atoms with E-state index in [0.717, 1.165) is 0 Å². The minimum absolute atomic E-state index is 0.0823. The van der Waals surface area contributed by atoms with Crippen LogP contribution in [0.1, 0.15) is 32.8 Å². The Morgan fingerprint density at radius 3 is 2.25 bits per heavy atom. The van der Waals surface area contributed by atoms with Crippen molar-refractivity contribution in [1.29, 1.82) is 0 Å². The minimum atomic E-state index is -1.09. The van der Waals surface area contributed by atoms with E-state index in [1.807, 2.05) is 24.3 Å². The molecule has 1 rings (SSSR count). The first-order chi connectivity index (χ1) is 7.39. The van der Waals surface area contributed by atoms with Gasteiger partial charge in [-0.25, -0.2) is 0 Å². The molecule has 0 amide bonds. The molecule has 0 N–H and O–H groups in total. The van der Waals surface area contributed by atoms with Gasteiger partial charge in [0.1, 0.15) is 5.75 Å². The molecule has 0 saturated carbocycles. The molecule has 1 aromatic carbocycles. The molecule has 0 spiro atoms. The smallest absolute Gasteiger partial charge is 0.119 e. The van der Waals surface area contributed by atoms with E-state index in [4.69, 9.17) is 4.74 Å². The summed E-state index contributed by atoms with van der Waals surface area (Å²) in [6.07, 6.45) is -0.0823. The Bertz CT molecular complexity index is 346. The normalized spacial score (nSPS) is 11.2. The van der Waals surface area contributed by atoms with Gasteiger partial charge in [0, 0.05) is 12.4 Å². The first-order valence-corrected chi connectivity index (χ1v) is 5.33. The van der Waals surface area contributed by atoms with Crippen molar-refractivity contribution >= 4 is 5.97 Å². The number of ether oxygens (including phenoxy) is 1. The Labute approximate surface area is 96.1 Å². The molecule has 3 nitrogen and oxygen atoms in total. The predicted molar refractivity (Wildman–Crippen MR) is 60.3 cm³/mol. The van der Waals surface area contributed by atoms with E-state index in [0.29, 0.717) is 5.75 Å². The number of hydrogen-bond donors (Lipinski definition) is 0. The molecule has 1 aromatic rings. The summed E-state index contributed by atoms with van der Waals surface area (Å²) in [5.41, 5.74) is 1.34. The fourth-order valence-electron chi connectivity index (χ4n) is 1.30. The van der Waals surface area contributed by atoms with Gasteiger partial charge in [-0.3, -0.25) is 0 Å². The summed E-state index contributed by atoms with van der Waals surface area (Å²) in [5, 5.41) is 10.2. The van der Waals surface area contributed by atoms with Gasteiger partial charge in [0.05, 0.1) is 6.61 Å². The van der Waals surface area contributed by atoms with Gasteiger partial charge in [-0.15, -0.1) is 0 Å². The third-order valence-corrected chi connectivity index (χ3v) is 2.30. The molecule has 16 heavy (non-hydrogen) atoms. The molecular formula is C13H17O3-. The molecule has 88 valence electrons. The zero-order valence-corrected chi connectivity index (χ0v) is 9.95. The monoisotopic (exact) mass is 221 g/mol. The second-order valence-corrected chi connectivity index (χ2v) is 4.74. The van der Waals surface area contributed by atoms with Gasteiger partial charge >= 0.3 is 0 Å². The zero-order valence-electron chi connectivity index (χ0n) is 9.95. The fourth-order valence-corrected chi connectivity index (χ4v) is 1.30. The van der Waals surface area contributed by atoms with Crippen LogP contribution in [0.25, 0.3) is 0 Å². The third-order valence-electron chi connectivity index (χ3n) is 2.30. The van der Waals surface area contributed by atoms with Gasteiger partial charge in [-0.1, -0.05) is 32.9 Å². The van der Waals surface area contributed by atoms with Crippen molar-refractivity contribution in [2.24, 2.45) is 0 Å². The van der Waals surface area contributed by atoms with E-state index < -0.39 is 5.97 Å². The number of carbonyl (C=O) groups is 1. The summed E-state index contributed by atoms with van der Waals surface area (Å²) >= 11 is 0. The molecule has 0 atom stereocenters. The lowest BCUT2D eigenvalue weighted by atomic mass is 9.87. The van der Waals surface area contributed by atoms with Crippen LogP contribution in [0.2, 0.25) is 0 Å². The highest BCUT2D eigenvalue weighted by Gasteiger charge is 2.12. The van der Waals surface area contributed by atoms with E-state index in [1.165, 1.54) is 5.56 Å². The van der Waals surface area contributed by atoms with Crippen LogP contribution in [0.5, 0.6) is 5.75 Å². The maximum atomic E-state index is 10.2. The van der Waals surface area contributed by atoms with Crippen molar-refractivity contribution < 1.29 is 14.6 Å². The van der Waals surface area contributed by atoms with Gasteiger partial charge in [-0.05, 0) is 23.1 Å². The predicted octanol–water partition coefficient (Wildman–Crippen LogP) is 1.50. The number of aliphatic carboxylic acids is 1. The Morgan fingerprint density at radius 1 is 1.25 bits per heavy atom. The van der Waals surface area contributed by atoms with Crippen molar-refractivity contribution in [3.8, 4) is 5.75 Å². The summed E-state index contributed by atoms with van der Waals surface area (Å²) < 4.78 is 5.26. The quantitative estimate of drug-likeness (QED) is 0.774. The van der Waals surface area contributed by atoms with E-state index in [2.05, 4.69) is 20.8 Å².